The molecular formula is C14H19FN2OS. The molecule has 0 spiro atoms. The maximum atomic E-state index is 13.5. The summed E-state index contributed by atoms with van der Waals surface area (Å²) in [7, 11) is 0. The summed E-state index contributed by atoms with van der Waals surface area (Å²) in [5.41, 5.74) is 0.0574. The minimum Gasteiger partial charge on any atom is -0.351 e. The van der Waals surface area contributed by atoms with Crippen LogP contribution in [0.15, 0.2) is 23.1 Å². The molecule has 0 aliphatic heterocycles. The Balaban J connectivity index is 1.85. The second-order valence-corrected chi connectivity index (χ2v) is 5.30. The number of hydrogen-bond acceptors (Lipinski definition) is 3. The number of amides is 1. The summed E-state index contributed by atoms with van der Waals surface area (Å²) in [6, 6.07) is 4.92. The first-order valence-corrected chi connectivity index (χ1v) is 7.07. The second-order valence-electron chi connectivity index (χ2n) is 4.78. The van der Waals surface area contributed by atoms with Crippen molar-refractivity contribution in [3.05, 3.63) is 29.6 Å². The zero-order valence-electron chi connectivity index (χ0n) is 11.0. The second kappa shape index (κ2) is 6.39. The van der Waals surface area contributed by atoms with Crippen LogP contribution in [0.4, 0.5) is 4.39 Å². The minimum absolute atomic E-state index is 0.0574. The van der Waals surface area contributed by atoms with Crippen LogP contribution in [0.1, 0.15) is 30.1 Å². The van der Waals surface area contributed by atoms with Crippen LogP contribution in [0.2, 0.25) is 0 Å². The average molecular weight is 282 g/mol. The molecule has 1 amide bonds. The summed E-state index contributed by atoms with van der Waals surface area (Å²) in [6.07, 6.45) is 2.50. The predicted molar refractivity (Wildman–Crippen MR) is 76.3 cm³/mol. The van der Waals surface area contributed by atoms with Gasteiger partial charge in [0.2, 0.25) is 0 Å². The van der Waals surface area contributed by atoms with Crippen LogP contribution < -0.4 is 5.32 Å². The van der Waals surface area contributed by atoms with Gasteiger partial charge in [-0.05, 0) is 37.6 Å². The number of carbonyl (C=O) groups excluding carboxylic acids is 1. The number of likely N-dealkylation sites (N-methyl/N-ethyl adjacent to an activating group) is 1. The van der Waals surface area contributed by atoms with Crippen LogP contribution in [0.5, 0.6) is 0 Å². The standard InChI is InChI=1S/C14H19FN2OS/c1-2-17(10-3-4-10)8-7-16-14(18)12-9-11(19)5-6-13(12)15/h5-6,9-10,19H,2-4,7-8H2,1H3,(H,16,18). The monoisotopic (exact) mass is 282 g/mol. The molecule has 0 saturated heterocycles. The van der Waals surface area contributed by atoms with Crippen LogP contribution in [-0.4, -0.2) is 36.5 Å². The zero-order valence-corrected chi connectivity index (χ0v) is 11.9. The van der Waals surface area contributed by atoms with E-state index in [1.165, 1.54) is 31.0 Å². The lowest BCUT2D eigenvalue weighted by Crippen LogP contribution is -2.36. The third-order valence-corrected chi connectivity index (χ3v) is 3.63. The molecule has 0 unspecified atom stereocenters. The van der Waals surface area contributed by atoms with Gasteiger partial charge in [0, 0.05) is 24.0 Å². The number of nitrogens with zero attached hydrogens (tertiary/aromatic N) is 1. The quantitative estimate of drug-likeness (QED) is 0.785. The van der Waals surface area contributed by atoms with Crippen LogP contribution in [0.25, 0.3) is 0 Å². The zero-order chi connectivity index (χ0) is 13.8. The molecule has 1 aliphatic carbocycles. The van der Waals surface area contributed by atoms with Gasteiger partial charge >= 0.3 is 0 Å². The summed E-state index contributed by atoms with van der Waals surface area (Å²) in [6.45, 7) is 4.46. The van der Waals surface area contributed by atoms with E-state index >= 15 is 0 Å². The van der Waals surface area contributed by atoms with Gasteiger partial charge in [0.05, 0.1) is 5.56 Å². The molecule has 0 heterocycles. The highest BCUT2D eigenvalue weighted by molar-refractivity contribution is 7.80. The fourth-order valence-corrected chi connectivity index (χ4v) is 2.34. The molecule has 1 aromatic rings. The van der Waals surface area contributed by atoms with E-state index in [1.807, 2.05) is 0 Å². The van der Waals surface area contributed by atoms with Gasteiger partial charge in [0.1, 0.15) is 5.82 Å². The van der Waals surface area contributed by atoms with Gasteiger partial charge in [-0.3, -0.25) is 9.69 Å². The van der Waals surface area contributed by atoms with Crippen molar-refractivity contribution in [2.45, 2.75) is 30.7 Å². The van der Waals surface area contributed by atoms with E-state index in [0.717, 1.165) is 13.1 Å². The Bertz CT molecular complexity index is 463. The van der Waals surface area contributed by atoms with Crippen LogP contribution >= 0.6 is 12.6 Å². The molecule has 19 heavy (non-hydrogen) atoms. The summed E-state index contributed by atoms with van der Waals surface area (Å²) in [5, 5.41) is 2.76. The smallest absolute Gasteiger partial charge is 0.254 e. The van der Waals surface area contributed by atoms with Gasteiger partial charge in [0.15, 0.2) is 0 Å². The minimum atomic E-state index is -0.509. The lowest BCUT2D eigenvalue weighted by Gasteiger charge is -2.19. The number of hydrogen-bond donors (Lipinski definition) is 2. The maximum Gasteiger partial charge on any atom is 0.254 e. The van der Waals surface area contributed by atoms with E-state index < -0.39 is 5.82 Å². The van der Waals surface area contributed by atoms with Gasteiger partial charge in [-0.1, -0.05) is 6.92 Å². The highest BCUT2D eigenvalue weighted by atomic mass is 32.1. The van der Waals surface area contributed by atoms with Crippen LogP contribution in [0.3, 0.4) is 0 Å². The Kier molecular flexibility index (Phi) is 4.82. The van der Waals surface area contributed by atoms with Gasteiger partial charge in [-0.2, -0.15) is 0 Å². The molecule has 1 aliphatic rings. The summed E-state index contributed by atoms with van der Waals surface area (Å²) < 4.78 is 13.5. The van der Waals surface area contributed by atoms with Crippen LogP contribution in [0, 0.1) is 5.82 Å². The molecule has 0 radical (unpaired) electrons. The fraction of sp³-hybridized carbons (Fsp3) is 0.500. The van der Waals surface area contributed by atoms with Crippen molar-refractivity contribution in [2.24, 2.45) is 0 Å². The average Bonchev–Trinajstić information content (AvgIpc) is 3.21. The van der Waals surface area contributed by atoms with Crippen molar-refractivity contribution in [3.63, 3.8) is 0 Å². The van der Waals surface area contributed by atoms with Gasteiger partial charge in [0.25, 0.3) is 5.91 Å². The van der Waals surface area contributed by atoms with Crippen molar-refractivity contribution in [1.29, 1.82) is 0 Å². The number of benzene rings is 1. The third kappa shape index (κ3) is 3.94. The topological polar surface area (TPSA) is 32.3 Å². The summed E-state index contributed by atoms with van der Waals surface area (Å²) in [5.74, 6) is -0.884. The molecule has 1 N–H and O–H groups in total. The van der Waals surface area contributed by atoms with E-state index in [2.05, 4.69) is 29.8 Å². The molecule has 3 nitrogen and oxygen atoms in total. The molecule has 0 aromatic heterocycles. The lowest BCUT2D eigenvalue weighted by atomic mass is 10.2. The number of thiol groups is 1. The first kappa shape index (κ1) is 14.3. The molecule has 0 atom stereocenters. The van der Waals surface area contributed by atoms with Crippen molar-refractivity contribution in [1.82, 2.24) is 10.2 Å². The van der Waals surface area contributed by atoms with Gasteiger partial charge < -0.3 is 5.32 Å². The van der Waals surface area contributed by atoms with Crippen molar-refractivity contribution < 1.29 is 9.18 Å². The van der Waals surface area contributed by atoms with Crippen molar-refractivity contribution in [3.8, 4) is 0 Å². The maximum absolute atomic E-state index is 13.5. The lowest BCUT2D eigenvalue weighted by molar-refractivity contribution is 0.0943. The van der Waals surface area contributed by atoms with E-state index in [4.69, 9.17) is 0 Å². The predicted octanol–water partition coefficient (Wildman–Crippen LogP) is 2.33. The SMILES string of the molecule is CCN(CCNC(=O)c1cc(S)ccc1F)C1CC1. The first-order valence-electron chi connectivity index (χ1n) is 6.62. The molecule has 1 saturated carbocycles. The molecule has 1 aromatic carbocycles. The largest absolute Gasteiger partial charge is 0.351 e. The summed E-state index contributed by atoms with van der Waals surface area (Å²) in [4.78, 5) is 14.8. The Morgan fingerprint density at radius 1 is 1.53 bits per heavy atom. The molecule has 2 rings (SSSR count). The first-order chi connectivity index (χ1) is 9.11. The molecule has 104 valence electrons. The van der Waals surface area contributed by atoms with E-state index in [0.29, 0.717) is 17.5 Å². The molecule has 0 bridgehead atoms. The van der Waals surface area contributed by atoms with Crippen LogP contribution in [-0.2, 0) is 0 Å². The molecule has 1 fully saturated rings. The Morgan fingerprint density at radius 2 is 2.26 bits per heavy atom. The highest BCUT2D eigenvalue weighted by Crippen LogP contribution is 2.25. The van der Waals surface area contributed by atoms with Crippen molar-refractivity contribution >= 4 is 18.5 Å². The van der Waals surface area contributed by atoms with E-state index in [9.17, 15) is 9.18 Å². The highest BCUT2D eigenvalue weighted by Gasteiger charge is 2.27. The Morgan fingerprint density at radius 3 is 2.89 bits per heavy atom. The number of nitrogens with one attached hydrogen (secondary N) is 1. The Labute approximate surface area is 118 Å². The van der Waals surface area contributed by atoms with Crippen molar-refractivity contribution in [2.75, 3.05) is 19.6 Å². The Hall–Kier alpha value is -1.07. The molecule has 5 heteroatoms. The van der Waals surface area contributed by atoms with E-state index in [1.54, 1.807) is 0 Å². The molecular weight excluding hydrogens is 263 g/mol. The summed E-state index contributed by atoms with van der Waals surface area (Å²) >= 11 is 4.12. The normalized spacial score (nSPS) is 14.7. The number of halogens is 1. The number of rotatable bonds is 6. The number of carbonyl (C=O) groups is 1. The fourth-order valence-electron chi connectivity index (χ4n) is 2.13. The van der Waals surface area contributed by atoms with E-state index in [-0.39, 0.29) is 11.5 Å². The van der Waals surface area contributed by atoms with Gasteiger partial charge in [-0.15, -0.1) is 12.6 Å². The third-order valence-electron chi connectivity index (χ3n) is 3.35. The van der Waals surface area contributed by atoms with Gasteiger partial charge in [-0.25, -0.2) is 4.39 Å².